The van der Waals surface area contributed by atoms with E-state index in [1.165, 1.54) is 0 Å². The van der Waals surface area contributed by atoms with Crippen molar-refractivity contribution in [3.8, 4) is 0 Å². The summed E-state index contributed by atoms with van der Waals surface area (Å²) >= 11 is 0. The lowest BCUT2D eigenvalue weighted by Gasteiger charge is -2.08. The molecule has 3 N–H and O–H groups in total. The number of hydrogen-bond acceptors (Lipinski definition) is 6. The topological polar surface area (TPSA) is 130 Å². The third-order valence-electron chi connectivity index (χ3n) is 3.46. The van der Waals surface area contributed by atoms with Crippen molar-refractivity contribution in [2.24, 2.45) is 0 Å². The van der Waals surface area contributed by atoms with Gasteiger partial charge in [-0.1, -0.05) is 23.4 Å². The first kappa shape index (κ1) is 15.4. The van der Waals surface area contributed by atoms with Crippen LogP contribution in [0.15, 0.2) is 33.6 Å². The predicted molar refractivity (Wildman–Crippen MR) is 83.3 cm³/mol. The number of carbonyl (C=O) groups is 2. The Labute approximate surface area is 135 Å². The van der Waals surface area contributed by atoms with Gasteiger partial charge in [0.1, 0.15) is 11.3 Å². The highest BCUT2D eigenvalue weighted by Gasteiger charge is 2.19. The Morgan fingerprint density at radius 1 is 1.08 bits per heavy atom. The van der Waals surface area contributed by atoms with Gasteiger partial charge in [-0.3, -0.25) is 25.2 Å². The highest BCUT2D eigenvalue weighted by Crippen LogP contribution is 2.13. The molecule has 1 aromatic carbocycles. The molecule has 0 radical (unpaired) electrons. The molecule has 3 rings (SSSR count). The molecule has 2 heterocycles. The molecule has 2 amide bonds. The first-order valence-corrected chi connectivity index (χ1v) is 7.00. The normalized spacial score (nSPS) is 10.6. The Morgan fingerprint density at radius 2 is 1.75 bits per heavy atom. The number of amides is 2. The molecule has 0 bridgehead atoms. The van der Waals surface area contributed by atoms with Crippen molar-refractivity contribution in [3.05, 3.63) is 57.3 Å². The van der Waals surface area contributed by atoms with Crippen LogP contribution >= 0.6 is 0 Å². The molecule has 0 saturated heterocycles. The maximum absolute atomic E-state index is 12.3. The van der Waals surface area contributed by atoms with Gasteiger partial charge in [-0.15, -0.1) is 0 Å². The summed E-state index contributed by atoms with van der Waals surface area (Å²) in [4.78, 5) is 36.1. The molecule has 0 saturated carbocycles. The van der Waals surface area contributed by atoms with Crippen molar-refractivity contribution in [1.82, 2.24) is 26.2 Å². The zero-order valence-electron chi connectivity index (χ0n) is 12.8. The van der Waals surface area contributed by atoms with E-state index in [0.29, 0.717) is 22.2 Å². The van der Waals surface area contributed by atoms with E-state index in [1.807, 2.05) is 0 Å². The number of H-pyrrole nitrogens is 1. The molecule has 0 fully saturated rings. The average molecular weight is 327 g/mol. The van der Waals surface area contributed by atoms with Crippen LogP contribution in [-0.4, -0.2) is 27.2 Å². The third-order valence-corrected chi connectivity index (χ3v) is 3.46. The van der Waals surface area contributed by atoms with Crippen LogP contribution in [0.2, 0.25) is 0 Å². The number of benzene rings is 1. The van der Waals surface area contributed by atoms with Gasteiger partial charge in [0.15, 0.2) is 5.69 Å². The minimum Gasteiger partial charge on any atom is -0.361 e. The lowest BCUT2D eigenvalue weighted by molar-refractivity contribution is 0.0843. The van der Waals surface area contributed by atoms with Gasteiger partial charge in [0.2, 0.25) is 0 Å². The fourth-order valence-electron chi connectivity index (χ4n) is 2.33. The zero-order valence-corrected chi connectivity index (χ0v) is 12.8. The maximum atomic E-state index is 12.3. The summed E-state index contributed by atoms with van der Waals surface area (Å²) in [5.74, 6) is -0.886. The molecule has 0 aliphatic carbocycles. The molecule has 0 aliphatic rings. The highest BCUT2D eigenvalue weighted by molar-refractivity contribution is 6.06. The third kappa shape index (κ3) is 2.62. The molecule has 2 aromatic heterocycles. The largest absolute Gasteiger partial charge is 0.361 e. The first-order valence-electron chi connectivity index (χ1n) is 7.00. The van der Waals surface area contributed by atoms with Crippen molar-refractivity contribution in [2.75, 3.05) is 0 Å². The highest BCUT2D eigenvalue weighted by atomic mass is 16.5. The van der Waals surface area contributed by atoms with Crippen LogP contribution in [0.1, 0.15) is 32.3 Å². The van der Waals surface area contributed by atoms with E-state index in [1.54, 1.807) is 38.1 Å². The number of hydrogen-bond donors (Lipinski definition) is 3. The lowest BCUT2D eigenvalue weighted by Crippen LogP contribution is -2.42. The van der Waals surface area contributed by atoms with Gasteiger partial charge in [0, 0.05) is 5.39 Å². The molecule has 24 heavy (non-hydrogen) atoms. The SMILES string of the molecule is Cc1noc(C)c1C(=O)NNC(=O)c1n[nH]c(=O)c2ccccc12. The van der Waals surface area contributed by atoms with Gasteiger partial charge < -0.3 is 4.52 Å². The van der Waals surface area contributed by atoms with E-state index in [0.717, 1.165) is 0 Å². The van der Waals surface area contributed by atoms with E-state index in [9.17, 15) is 14.4 Å². The van der Waals surface area contributed by atoms with Gasteiger partial charge >= 0.3 is 0 Å². The Hall–Kier alpha value is -3.49. The van der Waals surface area contributed by atoms with E-state index in [2.05, 4.69) is 26.2 Å². The smallest absolute Gasteiger partial charge is 0.290 e. The molecule has 9 heteroatoms. The van der Waals surface area contributed by atoms with E-state index < -0.39 is 17.4 Å². The fraction of sp³-hybridized carbons (Fsp3) is 0.133. The van der Waals surface area contributed by atoms with Crippen molar-refractivity contribution in [1.29, 1.82) is 0 Å². The summed E-state index contributed by atoms with van der Waals surface area (Å²) in [6, 6.07) is 6.54. The second-order valence-corrected chi connectivity index (χ2v) is 5.05. The van der Waals surface area contributed by atoms with Crippen LogP contribution in [-0.2, 0) is 0 Å². The first-order chi connectivity index (χ1) is 11.5. The second-order valence-electron chi connectivity index (χ2n) is 5.05. The van der Waals surface area contributed by atoms with Gasteiger partial charge in [0.05, 0.1) is 11.1 Å². The molecule has 0 spiro atoms. The molecule has 9 nitrogen and oxygen atoms in total. The summed E-state index contributed by atoms with van der Waals surface area (Å²) in [5, 5.41) is 10.4. The molecule has 0 unspecified atom stereocenters. The van der Waals surface area contributed by atoms with Crippen LogP contribution in [0.25, 0.3) is 10.8 Å². The Kier molecular flexibility index (Phi) is 3.82. The van der Waals surface area contributed by atoms with Crippen LogP contribution < -0.4 is 16.4 Å². The Morgan fingerprint density at radius 3 is 2.42 bits per heavy atom. The number of nitrogens with zero attached hydrogens (tertiary/aromatic N) is 2. The maximum Gasteiger partial charge on any atom is 0.290 e. The second kappa shape index (κ2) is 5.95. The molecule has 0 atom stereocenters. The Bertz CT molecular complexity index is 985. The number of aromatic amines is 1. The van der Waals surface area contributed by atoms with Crippen molar-refractivity contribution in [2.45, 2.75) is 13.8 Å². The van der Waals surface area contributed by atoms with E-state index in [-0.39, 0.29) is 11.3 Å². The molecule has 0 aliphatic heterocycles. The van der Waals surface area contributed by atoms with E-state index in [4.69, 9.17) is 4.52 Å². The lowest BCUT2D eigenvalue weighted by atomic mass is 10.1. The number of rotatable bonds is 2. The van der Waals surface area contributed by atoms with Crippen LogP contribution in [0.5, 0.6) is 0 Å². The number of nitrogens with one attached hydrogen (secondary N) is 3. The number of aryl methyl sites for hydroxylation is 2. The molecular formula is C15H13N5O4. The molecule has 3 aromatic rings. The summed E-state index contributed by atoms with van der Waals surface area (Å²) in [7, 11) is 0. The summed E-state index contributed by atoms with van der Waals surface area (Å²) in [5.41, 5.74) is 4.78. The minimum absolute atomic E-state index is 0.00994. The summed E-state index contributed by atoms with van der Waals surface area (Å²) in [6.45, 7) is 3.21. The zero-order chi connectivity index (χ0) is 17.3. The van der Waals surface area contributed by atoms with Crippen molar-refractivity contribution >= 4 is 22.6 Å². The number of hydrazine groups is 1. The van der Waals surface area contributed by atoms with E-state index >= 15 is 0 Å². The van der Waals surface area contributed by atoms with Crippen LogP contribution in [0, 0.1) is 13.8 Å². The van der Waals surface area contributed by atoms with Gasteiger partial charge in [-0.25, -0.2) is 5.10 Å². The van der Waals surface area contributed by atoms with Gasteiger partial charge in [-0.2, -0.15) is 5.10 Å². The van der Waals surface area contributed by atoms with Gasteiger partial charge in [0.25, 0.3) is 17.4 Å². The van der Waals surface area contributed by atoms with Gasteiger partial charge in [-0.05, 0) is 19.9 Å². The van der Waals surface area contributed by atoms with Crippen molar-refractivity contribution < 1.29 is 14.1 Å². The monoisotopic (exact) mass is 327 g/mol. The van der Waals surface area contributed by atoms with Crippen LogP contribution in [0.4, 0.5) is 0 Å². The summed E-state index contributed by atoms with van der Waals surface area (Å²) in [6.07, 6.45) is 0. The standard InChI is InChI=1S/C15H13N5O4/c1-7-11(8(2)24-20-7)14(22)18-19-15(23)12-9-5-3-4-6-10(9)13(21)17-16-12/h3-6H,1-2H3,(H,17,21)(H,18,22)(H,19,23). The Balaban J connectivity index is 1.83. The minimum atomic E-state index is -0.664. The number of aromatic nitrogens is 3. The van der Waals surface area contributed by atoms with Crippen LogP contribution in [0.3, 0.4) is 0 Å². The number of carbonyl (C=O) groups excluding carboxylic acids is 2. The summed E-state index contributed by atoms with van der Waals surface area (Å²) < 4.78 is 4.90. The fourth-order valence-corrected chi connectivity index (χ4v) is 2.33. The molecular weight excluding hydrogens is 314 g/mol. The average Bonchev–Trinajstić information content (AvgIpc) is 2.92. The quantitative estimate of drug-likeness (QED) is 0.591. The molecule has 122 valence electrons. The van der Waals surface area contributed by atoms with Crippen molar-refractivity contribution in [3.63, 3.8) is 0 Å². The number of fused-ring (bicyclic) bond motifs is 1. The predicted octanol–water partition coefficient (Wildman–Crippen LogP) is 0.603.